The summed E-state index contributed by atoms with van der Waals surface area (Å²) in [5, 5.41) is 10.2. The van der Waals surface area contributed by atoms with Gasteiger partial charge in [-0.25, -0.2) is 0 Å². The monoisotopic (exact) mass is 232 g/mol. The summed E-state index contributed by atoms with van der Waals surface area (Å²) >= 11 is 0. The van der Waals surface area contributed by atoms with Crippen LogP contribution in [0.5, 0.6) is 5.75 Å². The van der Waals surface area contributed by atoms with Crippen LogP contribution in [0, 0.1) is 13.8 Å². The zero-order valence-electron chi connectivity index (χ0n) is 10.2. The molecule has 0 bridgehead atoms. The number of furan rings is 1. The predicted octanol–water partition coefficient (Wildman–Crippen LogP) is 2.99. The highest BCUT2D eigenvalue weighted by molar-refractivity contribution is 5.38. The van der Waals surface area contributed by atoms with Gasteiger partial charge in [0, 0.05) is 0 Å². The third kappa shape index (κ3) is 2.34. The number of hydrogen-bond acceptors (Lipinski definition) is 3. The molecular formula is C14H16O3. The molecule has 1 aromatic heterocycles. The number of aliphatic hydroxyl groups is 1. The number of benzene rings is 1. The fourth-order valence-corrected chi connectivity index (χ4v) is 1.84. The average molecular weight is 232 g/mol. The van der Waals surface area contributed by atoms with E-state index < -0.39 is 6.10 Å². The van der Waals surface area contributed by atoms with Crippen LogP contribution in [-0.2, 0) is 0 Å². The van der Waals surface area contributed by atoms with Crippen LogP contribution in [0.25, 0.3) is 0 Å². The molecule has 1 aromatic carbocycles. The molecule has 0 fully saturated rings. The molecule has 0 saturated carbocycles. The number of methoxy groups -OCH3 is 1. The Labute approximate surface area is 101 Å². The van der Waals surface area contributed by atoms with E-state index in [1.807, 2.05) is 38.1 Å². The molecular weight excluding hydrogens is 216 g/mol. The number of aryl methyl sites for hydroxylation is 2. The second kappa shape index (κ2) is 4.63. The smallest absolute Gasteiger partial charge is 0.137 e. The summed E-state index contributed by atoms with van der Waals surface area (Å²) in [4.78, 5) is 0. The minimum Gasteiger partial charge on any atom is -0.497 e. The molecule has 3 nitrogen and oxygen atoms in total. The second-order valence-electron chi connectivity index (χ2n) is 4.07. The van der Waals surface area contributed by atoms with Crippen LogP contribution >= 0.6 is 0 Å². The van der Waals surface area contributed by atoms with Gasteiger partial charge in [-0.3, -0.25) is 0 Å². The Balaban J connectivity index is 2.34. The van der Waals surface area contributed by atoms with E-state index in [2.05, 4.69) is 0 Å². The van der Waals surface area contributed by atoms with E-state index in [1.54, 1.807) is 13.2 Å². The standard InChI is InChI=1S/C14H16O3/c1-9-8-11(16-3)5-6-12(9)14(15)13-7-4-10(2)17-13/h4-8,14-15H,1-3H3/t14-/m1/s1. The lowest BCUT2D eigenvalue weighted by atomic mass is 10.0. The molecule has 0 aliphatic carbocycles. The summed E-state index contributed by atoms with van der Waals surface area (Å²) in [6.07, 6.45) is -0.727. The third-order valence-electron chi connectivity index (χ3n) is 2.80. The van der Waals surface area contributed by atoms with E-state index in [9.17, 15) is 5.11 Å². The van der Waals surface area contributed by atoms with Crippen LogP contribution in [0.3, 0.4) is 0 Å². The van der Waals surface area contributed by atoms with Crippen LogP contribution in [-0.4, -0.2) is 12.2 Å². The van der Waals surface area contributed by atoms with Gasteiger partial charge in [0.2, 0.25) is 0 Å². The molecule has 90 valence electrons. The Morgan fingerprint density at radius 2 is 1.94 bits per heavy atom. The van der Waals surface area contributed by atoms with E-state index in [0.29, 0.717) is 5.76 Å². The highest BCUT2D eigenvalue weighted by Gasteiger charge is 2.16. The van der Waals surface area contributed by atoms with Crippen molar-refractivity contribution in [3.63, 3.8) is 0 Å². The maximum absolute atomic E-state index is 10.2. The van der Waals surface area contributed by atoms with Crippen LogP contribution in [0.2, 0.25) is 0 Å². The molecule has 0 amide bonds. The number of ether oxygens (including phenoxy) is 1. The Morgan fingerprint density at radius 1 is 1.18 bits per heavy atom. The van der Waals surface area contributed by atoms with Crippen molar-refractivity contribution >= 4 is 0 Å². The van der Waals surface area contributed by atoms with Crippen molar-refractivity contribution in [2.45, 2.75) is 20.0 Å². The molecule has 0 saturated heterocycles. The van der Waals surface area contributed by atoms with Crippen molar-refractivity contribution in [2.24, 2.45) is 0 Å². The molecule has 0 aliphatic rings. The Hall–Kier alpha value is -1.74. The van der Waals surface area contributed by atoms with Crippen molar-refractivity contribution in [2.75, 3.05) is 7.11 Å². The third-order valence-corrected chi connectivity index (χ3v) is 2.80. The fourth-order valence-electron chi connectivity index (χ4n) is 1.84. The number of hydrogen-bond donors (Lipinski definition) is 1. The van der Waals surface area contributed by atoms with Gasteiger partial charge in [-0.1, -0.05) is 6.07 Å². The van der Waals surface area contributed by atoms with Gasteiger partial charge < -0.3 is 14.3 Å². The van der Waals surface area contributed by atoms with Crippen molar-refractivity contribution in [1.29, 1.82) is 0 Å². The molecule has 1 atom stereocenters. The molecule has 0 radical (unpaired) electrons. The lowest BCUT2D eigenvalue weighted by molar-refractivity contribution is 0.187. The maximum Gasteiger partial charge on any atom is 0.137 e. The number of aliphatic hydroxyl groups excluding tert-OH is 1. The predicted molar refractivity (Wildman–Crippen MR) is 65.2 cm³/mol. The van der Waals surface area contributed by atoms with Crippen molar-refractivity contribution in [3.05, 3.63) is 53.0 Å². The van der Waals surface area contributed by atoms with E-state index in [-0.39, 0.29) is 0 Å². The minimum absolute atomic E-state index is 0.566. The lowest BCUT2D eigenvalue weighted by Gasteiger charge is -2.12. The fraction of sp³-hybridized carbons (Fsp3) is 0.286. The first-order valence-electron chi connectivity index (χ1n) is 5.50. The van der Waals surface area contributed by atoms with Crippen LogP contribution in [0.15, 0.2) is 34.7 Å². The molecule has 0 aliphatic heterocycles. The molecule has 3 heteroatoms. The molecule has 1 N–H and O–H groups in total. The zero-order chi connectivity index (χ0) is 12.4. The quantitative estimate of drug-likeness (QED) is 0.884. The molecule has 1 heterocycles. The first-order valence-corrected chi connectivity index (χ1v) is 5.50. The van der Waals surface area contributed by atoms with Gasteiger partial charge in [0.25, 0.3) is 0 Å². The highest BCUT2D eigenvalue weighted by Crippen LogP contribution is 2.28. The summed E-state index contributed by atoms with van der Waals surface area (Å²) < 4.78 is 10.6. The Bertz CT molecular complexity index is 514. The second-order valence-corrected chi connectivity index (χ2v) is 4.07. The van der Waals surface area contributed by atoms with Gasteiger partial charge >= 0.3 is 0 Å². The van der Waals surface area contributed by atoms with Gasteiger partial charge in [0.15, 0.2) is 0 Å². The molecule has 17 heavy (non-hydrogen) atoms. The Morgan fingerprint density at radius 3 is 2.47 bits per heavy atom. The van der Waals surface area contributed by atoms with Crippen LogP contribution in [0.4, 0.5) is 0 Å². The summed E-state index contributed by atoms with van der Waals surface area (Å²) in [5.41, 5.74) is 1.81. The highest BCUT2D eigenvalue weighted by atomic mass is 16.5. The Kier molecular flexibility index (Phi) is 3.20. The van der Waals surface area contributed by atoms with Gasteiger partial charge in [-0.05, 0) is 49.2 Å². The molecule has 2 aromatic rings. The minimum atomic E-state index is -0.727. The van der Waals surface area contributed by atoms with Gasteiger partial charge in [0.05, 0.1) is 7.11 Å². The van der Waals surface area contributed by atoms with Gasteiger partial charge in [-0.2, -0.15) is 0 Å². The summed E-state index contributed by atoms with van der Waals surface area (Å²) in [6.45, 7) is 3.80. The summed E-state index contributed by atoms with van der Waals surface area (Å²) in [7, 11) is 1.63. The van der Waals surface area contributed by atoms with Crippen molar-refractivity contribution < 1.29 is 14.3 Å². The van der Waals surface area contributed by atoms with Crippen molar-refractivity contribution in [3.8, 4) is 5.75 Å². The molecule has 2 rings (SSSR count). The topological polar surface area (TPSA) is 42.6 Å². The lowest BCUT2D eigenvalue weighted by Crippen LogP contribution is -2.01. The van der Waals surface area contributed by atoms with Gasteiger partial charge in [0.1, 0.15) is 23.4 Å². The van der Waals surface area contributed by atoms with E-state index >= 15 is 0 Å². The average Bonchev–Trinajstić information content (AvgIpc) is 2.75. The van der Waals surface area contributed by atoms with Gasteiger partial charge in [-0.15, -0.1) is 0 Å². The first-order chi connectivity index (χ1) is 8.11. The zero-order valence-corrected chi connectivity index (χ0v) is 10.2. The largest absolute Gasteiger partial charge is 0.497 e. The maximum atomic E-state index is 10.2. The van der Waals surface area contributed by atoms with E-state index in [1.165, 1.54) is 0 Å². The normalized spacial score (nSPS) is 12.5. The molecule has 0 unspecified atom stereocenters. The van der Waals surface area contributed by atoms with Crippen molar-refractivity contribution in [1.82, 2.24) is 0 Å². The SMILES string of the molecule is COc1ccc([C@@H](O)c2ccc(C)o2)c(C)c1. The van der Waals surface area contributed by atoms with E-state index in [0.717, 1.165) is 22.6 Å². The number of rotatable bonds is 3. The van der Waals surface area contributed by atoms with Crippen LogP contribution in [0.1, 0.15) is 28.8 Å². The summed E-state index contributed by atoms with van der Waals surface area (Å²) in [6, 6.07) is 9.23. The summed E-state index contributed by atoms with van der Waals surface area (Å²) in [5.74, 6) is 2.15. The first kappa shape index (κ1) is 11.7. The van der Waals surface area contributed by atoms with Crippen LogP contribution < -0.4 is 4.74 Å². The molecule has 0 spiro atoms. The van der Waals surface area contributed by atoms with E-state index in [4.69, 9.17) is 9.15 Å².